The molecule has 0 aromatic carbocycles. The Morgan fingerprint density at radius 3 is 2.63 bits per heavy atom. The van der Waals surface area contributed by atoms with Crippen LogP contribution in [-0.4, -0.2) is 28.9 Å². The van der Waals surface area contributed by atoms with E-state index < -0.39 is 0 Å². The third kappa shape index (κ3) is 3.51. The summed E-state index contributed by atoms with van der Waals surface area (Å²) in [5.74, 6) is 0.703. The second-order valence-corrected chi connectivity index (χ2v) is 5.95. The van der Waals surface area contributed by atoms with E-state index in [1.165, 1.54) is 5.69 Å². The molecule has 0 spiro atoms. The molecule has 1 aromatic heterocycles. The molecule has 1 aromatic rings. The summed E-state index contributed by atoms with van der Waals surface area (Å²) in [5, 5.41) is 4.76. The largest absolute Gasteiger partial charge is 0.381 e. The molecule has 0 saturated carbocycles. The molecule has 4 heteroatoms. The third-order valence-electron chi connectivity index (χ3n) is 4.37. The van der Waals surface area contributed by atoms with Crippen molar-refractivity contribution in [1.82, 2.24) is 9.78 Å². The van der Waals surface area contributed by atoms with Crippen LogP contribution in [0.2, 0.25) is 0 Å². The summed E-state index contributed by atoms with van der Waals surface area (Å²) in [6, 6.07) is 2.68. The summed E-state index contributed by atoms with van der Waals surface area (Å²) < 4.78 is 7.58. The molecule has 0 N–H and O–H groups in total. The minimum atomic E-state index is 0.187. The van der Waals surface area contributed by atoms with Gasteiger partial charge in [0.05, 0.1) is 11.7 Å². The van der Waals surface area contributed by atoms with Crippen LogP contribution in [-0.2, 0) is 11.2 Å². The molecule has 0 radical (unpaired) electrons. The van der Waals surface area contributed by atoms with Gasteiger partial charge in [-0.2, -0.15) is 5.10 Å². The molecular weight excluding hydrogens is 260 g/mol. The van der Waals surface area contributed by atoms with Crippen molar-refractivity contribution in [3.05, 3.63) is 18.0 Å². The molecule has 108 valence electrons. The standard InChI is InChI=1S/C15H25ClN2O/c1-3-14(4-2)18-8-5-13(17-18)11-15(12-16)6-9-19-10-7-15/h5,8,14H,3-4,6-7,9-12H2,1-2H3. The van der Waals surface area contributed by atoms with Crippen molar-refractivity contribution in [2.75, 3.05) is 19.1 Å². The number of hydrogen-bond donors (Lipinski definition) is 0. The maximum absolute atomic E-state index is 6.22. The Balaban J connectivity index is 2.05. The molecule has 1 saturated heterocycles. The maximum Gasteiger partial charge on any atom is 0.0630 e. The highest BCUT2D eigenvalue weighted by molar-refractivity contribution is 6.18. The second kappa shape index (κ2) is 6.76. The van der Waals surface area contributed by atoms with Crippen molar-refractivity contribution in [3.8, 4) is 0 Å². The highest BCUT2D eigenvalue weighted by Crippen LogP contribution is 2.35. The van der Waals surface area contributed by atoms with Gasteiger partial charge < -0.3 is 4.74 Å². The molecule has 0 aliphatic carbocycles. The van der Waals surface area contributed by atoms with E-state index in [0.29, 0.717) is 11.9 Å². The summed E-state index contributed by atoms with van der Waals surface area (Å²) in [5.41, 5.74) is 1.36. The molecule has 1 aliphatic rings. The fourth-order valence-electron chi connectivity index (χ4n) is 2.88. The van der Waals surface area contributed by atoms with Crippen LogP contribution < -0.4 is 0 Å². The van der Waals surface area contributed by atoms with E-state index in [0.717, 1.165) is 45.3 Å². The first-order valence-corrected chi connectivity index (χ1v) is 7.94. The Bertz CT molecular complexity index is 381. The Labute approximate surface area is 121 Å². The van der Waals surface area contributed by atoms with Gasteiger partial charge in [-0.15, -0.1) is 11.6 Å². The highest BCUT2D eigenvalue weighted by atomic mass is 35.5. The zero-order chi connectivity index (χ0) is 13.7. The normalized spacial score (nSPS) is 18.9. The number of alkyl halides is 1. The molecule has 19 heavy (non-hydrogen) atoms. The van der Waals surface area contributed by atoms with Gasteiger partial charge in [0.2, 0.25) is 0 Å². The molecule has 0 atom stereocenters. The van der Waals surface area contributed by atoms with E-state index >= 15 is 0 Å². The summed E-state index contributed by atoms with van der Waals surface area (Å²) in [7, 11) is 0. The fraction of sp³-hybridized carbons (Fsp3) is 0.800. The van der Waals surface area contributed by atoms with E-state index in [4.69, 9.17) is 21.4 Å². The Morgan fingerprint density at radius 2 is 2.05 bits per heavy atom. The minimum Gasteiger partial charge on any atom is -0.381 e. The predicted octanol–water partition coefficient (Wildman–Crippen LogP) is 3.82. The minimum absolute atomic E-state index is 0.187. The van der Waals surface area contributed by atoms with E-state index in [1.807, 2.05) is 0 Å². The topological polar surface area (TPSA) is 27.1 Å². The molecule has 3 nitrogen and oxygen atoms in total. The number of hydrogen-bond acceptors (Lipinski definition) is 2. The lowest BCUT2D eigenvalue weighted by atomic mass is 9.78. The van der Waals surface area contributed by atoms with Crippen LogP contribution in [0.4, 0.5) is 0 Å². The van der Waals surface area contributed by atoms with Gasteiger partial charge in [0.1, 0.15) is 0 Å². The molecular formula is C15H25ClN2O. The van der Waals surface area contributed by atoms with Crippen LogP contribution in [0.25, 0.3) is 0 Å². The smallest absolute Gasteiger partial charge is 0.0630 e. The third-order valence-corrected chi connectivity index (χ3v) is 4.94. The molecule has 1 aliphatic heterocycles. The molecule has 0 unspecified atom stereocenters. The van der Waals surface area contributed by atoms with E-state index in [-0.39, 0.29) is 5.41 Å². The molecule has 1 fully saturated rings. The van der Waals surface area contributed by atoms with Gasteiger partial charge in [0.25, 0.3) is 0 Å². The number of nitrogens with zero attached hydrogens (tertiary/aromatic N) is 2. The first-order valence-electron chi connectivity index (χ1n) is 7.41. The predicted molar refractivity (Wildman–Crippen MR) is 78.8 cm³/mol. The average Bonchev–Trinajstić information content (AvgIpc) is 2.89. The summed E-state index contributed by atoms with van der Waals surface area (Å²) in [6.07, 6.45) is 7.46. The highest BCUT2D eigenvalue weighted by Gasteiger charge is 2.32. The van der Waals surface area contributed by atoms with E-state index in [1.54, 1.807) is 0 Å². The van der Waals surface area contributed by atoms with E-state index in [9.17, 15) is 0 Å². The molecule has 0 amide bonds. The number of halogens is 1. The average molecular weight is 285 g/mol. The summed E-state index contributed by atoms with van der Waals surface area (Å²) in [6.45, 7) is 6.10. The molecule has 0 bridgehead atoms. The fourth-order valence-corrected chi connectivity index (χ4v) is 3.25. The first-order chi connectivity index (χ1) is 9.23. The van der Waals surface area contributed by atoms with Crippen LogP contribution in [0.3, 0.4) is 0 Å². The lowest BCUT2D eigenvalue weighted by molar-refractivity contribution is 0.0252. The van der Waals surface area contributed by atoms with Crippen LogP contribution in [0.5, 0.6) is 0 Å². The van der Waals surface area contributed by atoms with Gasteiger partial charge in [-0.3, -0.25) is 4.68 Å². The van der Waals surface area contributed by atoms with Crippen molar-refractivity contribution < 1.29 is 4.74 Å². The molecule has 2 rings (SSSR count). The lowest BCUT2D eigenvalue weighted by Gasteiger charge is -2.34. The molecule has 2 heterocycles. The van der Waals surface area contributed by atoms with Crippen molar-refractivity contribution in [2.24, 2.45) is 5.41 Å². The quantitative estimate of drug-likeness (QED) is 0.743. The maximum atomic E-state index is 6.22. The van der Waals surface area contributed by atoms with Crippen molar-refractivity contribution >= 4 is 11.6 Å². The summed E-state index contributed by atoms with van der Waals surface area (Å²) >= 11 is 6.22. The Kier molecular flexibility index (Phi) is 5.28. The van der Waals surface area contributed by atoms with Crippen molar-refractivity contribution in [3.63, 3.8) is 0 Å². The van der Waals surface area contributed by atoms with Gasteiger partial charge in [-0.05, 0) is 43.6 Å². The van der Waals surface area contributed by atoms with E-state index in [2.05, 4.69) is 30.8 Å². The van der Waals surface area contributed by atoms with Crippen LogP contribution in [0.15, 0.2) is 12.3 Å². The number of ether oxygens (including phenoxy) is 1. The van der Waals surface area contributed by atoms with Gasteiger partial charge in [-0.25, -0.2) is 0 Å². The van der Waals surface area contributed by atoms with Crippen LogP contribution in [0.1, 0.15) is 51.3 Å². The SMILES string of the molecule is CCC(CC)n1ccc(CC2(CCl)CCOCC2)n1. The van der Waals surface area contributed by atoms with Gasteiger partial charge in [-0.1, -0.05) is 13.8 Å². The van der Waals surface area contributed by atoms with Gasteiger partial charge in [0.15, 0.2) is 0 Å². The van der Waals surface area contributed by atoms with Crippen LogP contribution in [0, 0.1) is 5.41 Å². The zero-order valence-corrected chi connectivity index (χ0v) is 12.8. The number of aromatic nitrogens is 2. The first kappa shape index (κ1) is 14.9. The van der Waals surface area contributed by atoms with Gasteiger partial charge >= 0.3 is 0 Å². The summed E-state index contributed by atoms with van der Waals surface area (Å²) in [4.78, 5) is 0. The lowest BCUT2D eigenvalue weighted by Crippen LogP contribution is -2.33. The van der Waals surface area contributed by atoms with Crippen molar-refractivity contribution in [2.45, 2.75) is 52.0 Å². The van der Waals surface area contributed by atoms with Gasteiger partial charge in [0, 0.05) is 25.3 Å². The second-order valence-electron chi connectivity index (χ2n) is 5.68. The monoisotopic (exact) mass is 284 g/mol. The number of rotatable bonds is 6. The van der Waals surface area contributed by atoms with Crippen LogP contribution >= 0.6 is 11.6 Å². The van der Waals surface area contributed by atoms with Crippen molar-refractivity contribution in [1.29, 1.82) is 0 Å². The Hall–Kier alpha value is -0.540. The Morgan fingerprint density at radius 1 is 1.37 bits per heavy atom. The zero-order valence-electron chi connectivity index (χ0n) is 12.1.